The Morgan fingerprint density at radius 3 is 2.70 bits per heavy atom. The predicted molar refractivity (Wildman–Crippen MR) is 87.2 cm³/mol. The lowest BCUT2D eigenvalue weighted by Gasteiger charge is -2.06. The minimum Gasteiger partial charge on any atom is -0.451 e. The first-order valence-corrected chi connectivity index (χ1v) is 7.80. The molecular formula is C17H22N2O4. The van der Waals surface area contributed by atoms with Gasteiger partial charge in [0.25, 0.3) is 5.91 Å². The van der Waals surface area contributed by atoms with Crippen molar-refractivity contribution in [2.75, 3.05) is 19.7 Å². The molecule has 0 aliphatic heterocycles. The molecule has 2 amide bonds. The van der Waals surface area contributed by atoms with Crippen LogP contribution in [0.2, 0.25) is 0 Å². The molecule has 124 valence electrons. The van der Waals surface area contributed by atoms with Crippen molar-refractivity contribution in [3.05, 3.63) is 35.6 Å². The molecule has 6 nitrogen and oxygen atoms in total. The van der Waals surface area contributed by atoms with Crippen molar-refractivity contribution < 1.29 is 18.7 Å². The molecule has 0 aliphatic rings. The Labute approximate surface area is 135 Å². The fourth-order valence-electron chi connectivity index (χ4n) is 2.20. The highest BCUT2D eigenvalue weighted by Gasteiger charge is 2.20. The van der Waals surface area contributed by atoms with E-state index in [1.165, 1.54) is 0 Å². The third-order valence-electron chi connectivity index (χ3n) is 3.34. The van der Waals surface area contributed by atoms with Crippen LogP contribution in [-0.4, -0.2) is 31.5 Å². The largest absolute Gasteiger partial charge is 0.451 e. The quantitative estimate of drug-likeness (QED) is 0.782. The van der Waals surface area contributed by atoms with E-state index in [4.69, 9.17) is 9.15 Å². The molecule has 1 heterocycles. The number of furan rings is 1. The summed E-state index contributed by atoms with van der Waals surface area (Å²) in [5.74, 6) is -0.437. The molecule has 0 radical (unpaired) electrons. The first-order chi connectivity index (χ1) is 11.2. The normalized spacial score (nSPS) is 10.7. The van der Waals surface area contributed by atoms with Crippen LogP contribution in [0.5, 0.6) is 0 Å². The van der Waals surface area contributed by atoms with E-state index in [0.29, 0.717) is 24.3 Å². The summed E-state index contributed by atoms with van der Waals surface area (Å²) in [7, 11) is 0. The Kier molecular flexibility index (Phi) is 6.17. The summed E-state index contributed by atoms with van der Waals surface area (Å²) in [6, 6.07) is 7.41. The van der Waals surface area contributed by atoms with Crippen molar-refractivity contribution >= 4 is 22.8 Å². The van der Waals surface area contributed by atoms with Crippen LogP contribution in [-0.2, 0) is 16.1 Å². The molecule has 0 spiro atoms. The number of nitrogens with one attached hydrogen (secondary N) is 2. The van der Waals surface area contributed by atoms with E-state index in [9.17, 15) is 9.59 Å². The summed E-state index contributed by atoms with van der Waals surface area (Å²) < 4.78 is 11.1. The molecule has 2 N–H and O–H groups in total. The summed E-state index contributed by atoms with van der Waals surface area (Å²) >= 11 is 0. The molecule has 0 saturated carbocycles. The van der Waals surface area contributed by atoms with E-state index in [1.807, 2.05) is 32.0 Å². The Morgan fingerprint density at radius 1 is 1.17 bits per heavy atom. The van der Waals surface area contributed by atoms with Crippen molar-refractivity contribution in [1.82, 2.24) is 10.6 Å². The van der Waals surface area contributed by atoms with Gasteiger partial charge in [-0.15, -0.1) is 0 Å². The van der Waals surface area contributed by atoms with Gasteiger partial charge in [-0.05, 0) is 19.4 Å². The van der Waals surface area contributed by atoms with E-state index in [-0.39, 0.29) is 24.8 Å². The number of rotatable bonds is 8. The zero-order valence-corrected chi connectivity index (χ0v) is 13.5. The van der Waals surface area contributed by atoms with Crippen LogP contribution in [0.15, 0.2) is 28.7 Å². The molecule has 1 aromatic carbocycles. The van der Waals surface area contributed by atoms with Crippen LogP contribution in [0.1, 0.15) is 36.4 Å². The molecule has 0 saturated heterocycles. The van der Waals surface area contributed by atoms with Gasteiger partial charge in [0.05, 0.1) is 13.2 Å². The van der Waals surface area contributed by atoms with Crippen molar-refractivity contribution in [2.45, 2.75) is 26.9 Å². The number of carbonyl (C=O) groups excluding carboxylic acids is 2. The average Bonchev–Trinajstić information content (AvgIpc) is 2.94. The zero-order valence-electron chi connectivity index (χ0n) is 13.5. The van der Waals surface area contributed by atoms with Gasteiger partial charge in [0.15, 0.2) is 5.76 Å². The van der Waals surface area contributed by atoms with Gasteiger partial charge in [0.1, 0.15) is 5.58 Å². The molecule has 0 aliphatic carbocycles. The van der Waals surface area contributed by atoms with Crippen LogP contribution in [0.25, 0.3) is 11.0 Å². The SMILES string of the molecule is CCCNC(=O)CNC(=O)c1oc2ccccc2c1COCC. The maximum atomic E-state index is 12.3. The molecule has 0 fully saturated rings. The maximum Gasteiger partial charge on any atom is 0.287 e. The second-order valence-electron chi connectivity index (χ2n) is 5.08. The first-order valence-electron chi connectivity index (χ1n) is 7.80. The summed E-state index contributed by atoms with van der Waals surface area (Å²) in [5.41, 5.74) is 1.33. The molecule has 6 heteroatoms. The van der Waals surface area contributed by atoms with Crippen LogP contribution in [0.4, 0.5) is 0 Å². The molecule has 0 bridgehead atoms. The Morgan fingerprint density at radius 2 is 1.96 bits per heavy atom. The number of benzene rings is 1. The minimum atomic E-state index is -0.414. The lowest BCUT2D eigenvalue weighted by atomic mass is 10.1. The Balaban J connectivity index is 2.14. The highest BCUT2D eigenvalue weighted by atomic mass is 16.5. The first kappa shape index (κ1) is 17.0. The van der Waals surface area contributed by atoms with Crippen molar-refractivity contribution in [1.29, 1.82) is 0 Å². The lowest BCUT2D eigenvalue weighted by Crippen LogP contribution is -2.37. The number of ether oxygens (including phenoxy) is 1. The number of carbonyl (C=O) groups is 2. The topological polar surface area (TPSA) is 80.6 Å². The van der Waals surface area contributed by atoms with Gasteiger partial charge in [0.2, 0.25) is 5.91 Å². The molecule has 1 aromatic heterocycles. The number of amides is 2. The van der Waals surface area contributed by atoms with E-state index in [1.54, 1.807) is 6.07 Å². The Bertz CT molecular complexity index is 678. The predicted octanol–water partition coefficient (Wildman–Crippen LogP) is 2.23. The van der Waals surface area contributed by atoms with E-state index in [2.05, 4.69) is 10.6 Å². The third-order valence-corrected chi connectivity index (χ3v) is 3.34. The maximum absolute atomic E-state index is 12.3. The number of hydrogen-bond acceptors (Lipinski definition) is 4. The van der Waals surface area contributed by atoms with Crippen molar-refractivity contribution in [2.24, 2.45) is 0 Å². The van der Waals surface area contributed by atoms with Gasteiger partial charge in [-0.2, -0.15) is 0 Å². The molecule has 0 atom stereocenters. The van der Waals surface area contributed by atoms with Gasteiger partial charge in [-0.3, -0.25) is 9.59 Å². The van der Waals surface area contributed by atoms with E-state index >= 15 is 0 Å². The zero-order chi connectivity index (χ0) is 16.7. The average molecular weight is 318 g/mol. The highest BCUT2D eigenvalue weighted by Crippen LogP contribution is 2.26. The van der Waals surface area contributed by atoms with Gasteiger partial charge in [-0.25, -0.2) is 0 Å². The van der Waals surface area contributed by atoms with Crippen LogP contribution >= 0.6 is 0 Å². The van der Waals surface area contributed by atoms with Gasteiger partial charge >= 0.3 is 0 Å². The van der Waals surface area contributed by atoms with Crippen LogP contribution in [0, 0.1) is 0 Å². The van der Waals surface area contributed by atoms with Crippen molar-refractivity contribution in [3.8, 4) is 0 Å². The van der Waals surface area contributed by atoms with E-state index < -0.39 is 5.91 Å². The van der Waals surface area contributed by atoms with Crippen molar-refractivity contribution in [3.63, 3.8) is 0 Å². The minimum absolute atomic E-state index is 0.0794. The number of para-hydroxylation sites is 1. The molecule has 2 aromatic rings. The van der Waals surface area contributed by atoms with E-state index in [0.717, 1.165) is 11.8 Å². The molecular weight excluding hydrogens is 296 g/mol. The summed E-state index contributed by atoms with van der Waals surface area (Å²) in [6.45, 7) is 5.20. The van der Waals surface area contributed by atoms with Gasteiger partial charge < -0.3 is 19.8 Å². The van der Waals surface area contributed by atoms with Gasteiger partial charge in [0, 0.05) is 24.1 Å². The molecule has 2 rings (SSSR count). The standard InChI is InChI=1S/C17H22N2O4/c1-3-9-18-15(20)10-19-17(21)16-13(11-22-4-2)12-7-5-6-8-14(12)23-16/h5-8H,3-4,9-11H2,1-2H3,(H,18,20)(H,19,21). The number of fused-ring (bicyclic) bond motifs is 1. The second kappa shape index (κ2) is 8.33. The van der Waals surface area contributed by atoms with Crippen LogP contribution in [0.3, 0.4) is 0 Å². The molecule has 23 heavy (non-hydrogen) atoms. The van der Waals surface area contributed by atoms with Gasteiger partial charge in [-0.1, -0.05) is 25.1 Å². The summed E-state index contributed by atoms with van der Waals surface area (Å²) in [5, 5.41) is 6.14. The summed E-state index contributed by atoms with van der Waals surface area (Å²) in [6.07, 6.45) is 0.849. The smallest absolute Gasteiger partial charge is 0.287 e. The number of hydrogen-bond donors (Lipinski definition) is 2. The van der Waals surface area contributed by atoms with Crippen LogP contribution < -0.4 is 10.6 Å². The molecule has 0 unspecified atom stereocenters. The fraction of sp³-hybridized carbons (Fsp3) is 0.412. The summed E-state index contributed by atoms with van der Waals surface area (Å²) in [4.78, 5) is 23.9. The highest BCUT2D eigenvalue weighted by molar-refractivity contribution is 6.00. The third kappa shape index (κ3) is 4.32. The Hall–Kier alpha value is -2.34. The second-order valence-corrected chi connectivity index (χ2v) is 5.08. The fourth-order valence-corrected chi connectivity index (χ4v) is 2.20. The lowest BCUT2D eigenvalue weighted by molar-refractivity contribution is -0.120. The monoisotopic (exact) mass is 318 g/mol.